The standard InChI is InChI=1S/C23H27F4N3O3S/c1-14(31)11-29(34(32,33)13-23(25,26)27)12-17-4-3-16-9-21-20(15(2)22(16)17)10-28-30(21)19-7-5-18(24)6-8-19/h5-8,10,14-15,17,31H,3-4,9,11-13H2,1-2H3/t14-,15-,17+/m0/s1. The quantitative estimate of drug-likeness (QED) is 0.461. The fraction of sp³-hybridized carbons (Fsp3) is 0.522. The molecule has 0 spiro atoms. The van der Waals surface area contributed by atoms with Crippen LogP contribution >= 0.6 is 0 Å². The first-order valence-electron chi connectivity index (χ1n) is 11.1. The summed E-state index contributed by atoms with van der Waals surface area (Å²) in [7, 11) is -4.64. The second kappa shape index (κ2) is 9.09. The Morgan fingerprint density at radius 2 is 1.94 bits per heavy atom. The molecular weight excluding hydrogens is 474 g/mol. The van der Waals surface area contributed by atoms with Crippen molar-refractivity contribution in [1.82, 2.24) is 14.1 Å². The maximum atomic E-state index is 13.3. The van der Waals surface area contributed by atoms with Crippen LogP contribution in [0.25, 0.3) is 5.69 Å². The predicted molar refractivity (Wildman–Crippen MR) is 118 cm³/mol. The maximum absolute atomic E-state index is 13.3. The molecule has 2 aromatic rings. The Labute approximate surface area is 195 Å². The molecule has 6 nitrogen and oxygen atoms in total. The summed E-state index contributed by atoms with van der Waals surface area (Å²) in [6.07, 6.45) is -2.29. The first-order valence-corrected chi connectivity index (χ1v) is 12.7. The lowest BCUT2D eigenvalue weighted by Crippen LogP contribution is -2.44. The van der Waals surface area contributed by atoms with Crippen LogP contribution in [0.4, 0.5) is 17.6 Å². The van der Waals surface area contributed by atoms with Crippen molar-refractivity contribution in [2.75, 3.05) is 18.8 Å². The van der Waals surface area contributed by atoms with Crippen molar-refractivity contribution in [2.45, 2.75) is 51.3 Å². The highest BCUT2D eigenvalue weighted by atomic mass is 32.2. The van der Waals surface area contributed by atoms with Crippen molar-refractivity contribution in [3.05, 3.63) is 58.7 Å². The van der Waals surface area contributed by atoms with Crippen molar-refractivity contribution in [2.24, 2.45) is 5.92 Å². The number of nitrogens with zero attached hydrogens (tertiary/aromatic N) is 3. The number of rotatable bonds is 7. The number of benzene rings is 1. The Morgan fingerprint density at radius 1 is 1.26 bits per heavy atom. The van der Waals surface area contributed by atoms with E-state index in [4.69, 9.17) is 0 Å². The molecule has 0 saturated carbocycles. The zero-order chi connectivity index (χ0) is 24.8. The third-order valence-corrected chi connectivity index (χ3v) is 8.34. The molecule has 3 atom stereocenters. The van der Waals surface area contributed by atoms with Crippen molar-refractivity contribution >= 4 is 10.0 Å². The molecule has 0 amide bonds. The number of hydrogen-bond acceptors (Lipinski definition) is 4. The molecule has 1 aromatic carbocycles. The second-order valence-corrected chi connectivity index (χ2v) is 11.1. The Morgan fingerprint density at radius 3 is 2.56 bits per heavy atom. The first-order chi connectivity index (χ1) is 15.9. The number of halogens is 4. The van der Waals surface area contributed by atoms with Gasteiger partial charge in [0.1, 0.15) is 5.82 Å². The van der Waals surface area contributed by atoms with Crippen LogP contribution in [0.1, 0.15) is 43.9 Å². The van der Waals surface area contributed by atoms with Crippen LogP contribution in [0.3, 0.4) is 0 Å². The van der Waals surface area contributed by atoms with E-state index in [1.807, 2.05) is 6.92 Å². The summed E-state index contributed by atoms with van der Waals surface area (Å²) in [5, 5.41) is 14.3. The van der Waals surface area contributed by atoms with Crippen molar-refractivity contribution < 1.29 is 31.1 Å². The highest BCUT2D eigenvalue weighted by Crippen LogP contribution is 2.47. The fourth-order valence-corrected chi connectivity index (χ4v) is 6.66. The average molecular weight is 502 g/mol. The van der Waals surface area contributed by atoms with Crippen molar-refractivity contribution in [3.8, 4) is 5.69 Å². The number of aromatic nitrogens is 2. The molecule has 1 aromatic heterocycles. The van der Waals surface area contributed by atoms with Crippen LogP contribution in [0.2, 0.25) is 0 Å². The molecule has 0 fully saturated rings. The number of aliphatic hydroxyl groups is 1. The van der Waals surface area contributed by atoms with Gasteiger partial charge in [0, 0.05) is 31.0 Å². The Kier molecular flexibility index (Phi) is 6.65. The number of sulfonamides is 1. The molecule has 0 bridgehead atoms. The normalized spacial score (nSPS) is 21.6. The van der Waals surface area contributed by atoms with Crippen molar-refractivity contribution in [3.63, 3.8) is 0 Å². The first kappa shape index (κ1) is 24.9. The SMILES string of the molecule is C[C@H](O)CN(C[C@H]1CCC2=C1[C@@H](C)c1cnn(-c3ccc(F)cc3)c1C2)S(=O)(=O)CC(F)(F)F. The molecule has 0 aliphatic heterocycles. The number of hydrogen-bond donors (Lipinski definition) is 1. The molecule has 34 heavy (non-hydrogen) atoms. The molecule has 4 rings (SSSR count). The molecule has 11 heteroatoms. The van der Waals surface area contributed by atoms with Crippen LogP contribution in [0.5, 0.6) is 0 Å². The fourth-order valence-electron chi connectivity index (χ4n) is 5.22. The molecule has 0 unspecified atom stereocenters. The van der Waals surface area contributed by atoms with Gasteiger partial charge >= 0.3 is 6.18 Å². The predicted octanol–water partition coefficient (Wildman–Crippen LogP) is 3.95. The second-order valence-electron chi connectivity index (χ2n) is 9.17. The summed E-state index contributed by atoms with van der Waals surface area (Å²) >= 11 is 0. The van der Waals surface area contributed by atoms with Gasteiger partial charge in [0.15, 0.2) is 5.75 Å². The summed E-state index contributed by atoms with van der Waals surface area (Å²) in [4.78, 5) is 0. The lowest BCUT2D eigenvalue weighted by molar-refractivity contribution is -0.107. The third-order valence-electron chi connectivity index (χ3n) is 6.56. The Balaban J connectivity index is 1.60. The molecule has 1 heterocycles. The van der Waals surface area contributed by atoms with E-state index in [2.05, 4.69) is 5.10 Å². The van der Waals surface area contributed by atoms with Gasteiger partial charge in [0.25, 0.3) is 0 Å². The van der Waals surface area contributed by atoms with E-state index in [1.54, 1.807) is 23.0 Å². The van der Waals surface area contributed by atoms with Crippen LogP contribution in [-0.2, 0) is 16.4 Å². The third kappa shape index (κ3) is 5.06. The van der Waals surface area contributed by atoms with Gasteiger partial charge in [-0.05, 0) is 49.9 Å². The maximum Gasteiger partial charge on any atom is 0.404 e. The summed E-state index contributed by atoms with van der Waals surface area (Å²) in [5.74, 6) is -2.62. The Hall–Kier alpha value is -2.24. The zero-order valence-corrected chi connectivity index (χ0v) is 19.7. The smallest absolute Gasteiger partial charge is 0.392 e. The Bertz CT molecular complexity index is 1190. The summed E-state index contributed by atoms with van der Waals surface area (Å²) in [5.41, 5.74) is 4.86. The monoisotopic (exact) mass is 501 g/mol. The van der Waals surface area contributed by atoms with E-state index in [1.165, 1.54) is 19.1 Å². The largest absolute Gasteiger partial charge is 0.404 e. The zero-order valence-electron chi connectivity index (χ0n) is 18.9. The molecule has 1 N–H and O–H groups in total. The van der Waals surface area contributed by atoms with Gasteiger partial charge in [-0.3, -0.25) is 0 Å². The summed E-state index contributed by atoms with van der Waals surface area (Å²) in [6.45, 7) is 2.86. The van der Waals surface area contributed by atoms with Gasteiger partial charge in [-0.15, -0.1) is 0 Å². The van der Waals surface area contributed by atoms with Crippen LogP contribution < -0.4 is 0 Å². The van der Waals surface area contributed by atoms with E-state index < -0.39 is 28.1 Å². The number of alkyl halides is 3. The molecular formula is C23H27F4N3O3S. The van der Waals surface area contributed by atoms with E-state index in [0.717, 1.165) is 32.4 Å². The minimum atomic E-state index is -4.86. The molecule has 0 radical (unpaired) electrons. The minimum absolute atomic E-state index is 0.0841. The van der Waals surface area contributed by atoms with Gasteiger partial charge < -0.3 is 5.11 Å². The van der Waals surface area contributed by atoms with Crippen LogP contribution in [-0.4, -0.2) is 58.7 Å². The van der Waals surface area contributed by atoms with Gasteiger partial charge in [0.05, 0.1) is 23.7 Å². The number of fused-ring (bicyclic) bond motifs is 1. The van der Waals surface area contributed by atoms with Crippen LogP contribution in [0.15, 0.2) is 41.6 Å². The average Bonchev–Trinajstić information content (AvgIpc) is 3.31. The summed E-state index contributed by atoms with van der Waals surface area (Å²) < 4.78 is 79.7. The number of aliphatic hydroxyl groups excluding tert-OH is 1. The van der Waals surface area contributed by atoms with Crippen LogP contribution in [0, 0.1) is 11.7 Å². The van der Waals surface area contributed by atoms with E-state index >= 15 is 0 Å². The van der Waals surface area contributed by atoms with E-state index in [9.17, 15) is 31.1 Å². The molecule has 186 valence electrons. The van der Waals surface area contributed by atoms with Gasteiger partial charge in [-0.2, -0.15) is 22.6 Å². The molecule has 0 saturated heterocycles. The molecule has 2 aliphatic carbocycles. The summed E-state index contributed by atoms with van der Waals surface area (Å²) in [6, 6.07) is 6.02. The van der Waals surface area contributed by atoms with Gasteiger partial charge in [-0.1, -0.05) is 18.1 Å². The van der Waals surface area contributed by atoms with Crippen molar-refractivity contribution in [1.29, 1.82) is 0 Å². The van der Waals surface area contributed by atoms with Gasteiger partial charge in [-0.25, -0.2) is 17.5 Å². The molecule has 2 aliphatic rings. The van der Waals surface area contributed by atoms with E-state index in [0.29, 0.717) is 19.3 Å². The lowest BCUT2D eigenvalue weighted by Gasteiger charge is -2.31. The number of allylic oxidation sites excluding steroid dienone is 1. The lowest BCUT2D eigenvalue weighted by atomic mass is 9.80. The highest BCUT2D eigenvalue weighted by Gasteiger charge is 2.42. The highest BCUT2D eigenvalue weighted by molar-refractivity contribution is 7.89. The van der Waals surface area contributed by atoms with Gasteiger partial charge in [0.2, 0.25) is 10.0 Å². The topological polar surface area (TPSA) is 75.4 Å². The van der Waals surface area contributed by atoms with E-state index in [-0.39, 0.29) is 30.7 Å². The minimum Gasteiger partial charge on any atom is -0.392 e.